The first-order chi connectivity index (χ1) is 13.6. The van der Waals surface area contributed by atoms with Gasteiger partial charge in [0.15, 0.2) is 0 Å². The number of H-pyrrole nitrogens is 1. The average molecular weight is 390 g/mol. The van der Waals surface area contributed by atoms with Crippen LogP contribution in [0.3, 0.4) is 0 Å². The van der Waals surface area contributed by atoms with E-state index in [0.29, 0.717) is 28.0 Å². The van der Waals surface area contributed by atoms with Gasteiger partial charge < -0.3 is 15.4 Å². The molecule has 4 aromatic rings. The Morgan fingerprint density at radius 3 is 2.86 bits per heavy atom. The van der Waals surface area contributed by atoms with Crippen LogP contribution in [0.1, 0.15) is 15.2 Å². The smallest absolute Gasteiger partial charge is 0.338 e. The molecule has 28 heavy (non-hydrogen) atoms. The van der Waals surface area contributed by atoms with E-state index < -0.39 is 5.97 Å². The summed E-state index contributed by atoms with van der Waals surface area (Å²) in [4.78, 5) is 35.8. The third-order valence-electron chi connectivity index (χ3n) is 4.05. The number of carboxylic acids is 1. The summed E-state index contributed by atoms with van der Waals surface area (Å²) in [6.45, 7) is 0. The molecule has 0 saturated carbocycles. The number of thiophene rings is 1. The minimum atomic E-state index is -1.06. The maximum Gasteiger partial charge on any atom is 0.338 e. The van der Waals surface area contributed by atoms with E-state index in [0.717, 1.165) is 4.88 Å². The number of fused-ring (bicyclic) bond motifs is 1. The van der Waals surface area contributed by atoms with E-state index in [1.54, 1.807) is 41.7 Å². The summed E-state index contributed by atoms with van der Waals surface area (Å²) in [5, 5.41) is 14.6. The van der Waals surface area contributed by atoms with Crippen molar-refractivity contribution >= 4 is 46.0 Å². The first-order valence-electron chi connectivity index (χ1n) is 8.30. The monoisotopic (exact) mass is 390 g/mol. The van der Waals surface area contributed by atoms with Crippen molar-refractivity contribution in [3.8, 4) is 11.3 Å². The number of aromatic nitrogens is 3. The molecule has 0 spiro atoms. The van der Waals surface area contributed by atoms with Crippen LogP contribution in [-0.4, -0.2) is 31.9 Å². The van der Waals surface area contributed by atoms with Gasteiger partial charge in [-0.2, -0.15) is 0 Å². The van der Waals surface area contributed by atoms with Crippen LogP contribution in [0, 0.1) is 0 Å². The molecular formula is C20H14N4O3S. The molecule has 0 atom stereocenters. The van der Waals surface area contributed by atoms with E-state index in [1.165, 1.54) is 18.6 Å². The van der Waals surface area contributed by atoms with Crippen molar-refractivity contribution < 1.29 is 14.7 Å². The lowest BCUT2D eigenvalue weighted by Gasteiger charge is -2.07. The predicted molar refractivity (Wildman–Crippen MR) is 108 cm³/mol. The van der Waals surface area contributed by atoms with Crippen LogP contribution in [-0.2, 0) is 4.79 Å². The minimum Gasteiger partial charge on any atom is -0.478 e. The van der Waals surface area contributed by atoms with Crippen LogP contribution < -0.4 is 5.32 Å². The number of benzene rings is 1. The van der Waals surface area contributed by atoms with Crippen molar-refractivity contribution in [1.82, 2.24) is 15.0 Å². The Morgan fingerprint density at radius 2 is 2.07 bits per heavy atom. The molecule has 0 aliphatic heterocycles. The van der Waals surface area contributed by atoms with E-state index in [2.05, 4.69) is 20.3 Å². The number of carboxylic acid groups (broad SMARTS) is 1. The lowest BCUT2D eigenvalue weighted by Crippen LogP contribution is -2.07. The normalized spacial score (nSPS) is 11.1. The number of hydrogen-bond donors (Lipinski definition) is 3. The van der Waals surface area contributed by atoms with Gasteiger partial charge in [-0.3, -0.25) is 4.79 Å². The van der Waals surface area contributed by atoms with E-state index >= 15 is 0 Å². The van der Waals surface area contributed by atoms with Gasteiger partial charge in [0, 0.05) is 28.4 Å². The highest BCUT2D eigenvalue weighted by Crippen LogP contribution is 2.29. The quantitative estimate of drug-likeness (QED) is 0.446. The molecule has 0 unspecified atom stereocenters. The fourth-order valence-corrected chi connectivity index (χ4v) is 3.44. The number of rotatable bonds is 5. The van der Waals surface area contributed by atoms with Crippen molar-refractivity contribution in [2.75, 3.05) is 5.32 Å². The summed E-state index contributed by atoms with van der Waals surface area (Å²) in [7, 11) is 0. The second-order valence-corrected chi connectivity index (χ2v) is 6.85. The van der Waals surface area contributed by atoms with Crippen molar-refractivity contribution in [1.29, 1.82) is 0 Å². The second kappa shape index (κ2) is 7.45. The summed E-state index contributed by atoms with van der Waals surface area (Å²) in [5.74, 6) is -1.32. The molecular weight excluding hydrogens is 376 g/mol. The number of carbonyl (C=O) groups excluding carboxylic acids is 1. The molecule has 1 aromatic carbocycles. The third kappa shape index (κ3) is 3.53. The second-order valence-electron chi connectivity index (χ2n) is 5.87. The Bertz CT molecular complexity index is 1200. The molecule has 0 fully saturated rings. The van der Waals surface area contributed by atoms with Crippen LogP contribution in [0.25, 0.3) is 28.4 Å². The van der Waals surface area contributed by atoms with Gasteiger partial charge in [-0.25, -0.2) is 14.8 Å². The van der Waals surface area contributed by atoms with Gasteiger partial charge in [0.05, 0.1) is 16.6 Å². The summed E-state index contributed by atoms with van der Waals surface area (Å²) in [6.07, 6.45) is 5.98. The molecule has 0 aliphatic rings. The molecule has 3 heterocycles. The van der Waals surface area contributed by atoms with Crippen LogP contribution >= 0.6 is 11.3 Å². The largest absolute Gasteiger partial charge is 0.478 e. The molecule has 0 saturated heterocycles. The first kappa shape index (κ1) is 17.6. The predicted octanol–water partition coefficient (Wildman–Crippen LogP) is 4.04. The SMILES string of the molecule is O=C(C=Cc1cccs1)Nc1cccc(-c2ncnc3[nH]cc(C(=O)O)c23)c1. The van der Waals surface area contributed by atoms with Gasteiger partial charge in [0.25, 0.3) is 0 Å². The molecule has 0 bridgehead atoms. The standard InChI is InChI=1S/C20H14N4O3S/c25-16(7-6-14-5-2-8-28-14)24-13-4-1-3-12(9-13)18-17-15(20(26)27)10-21-19(17)23-11-22-18/h1-11H,(H,24,25)(H,26,27)(H,21,22,23). The third-order valence-corrected chi connectivity index (χ3v) is 4.88. The van der Waals surface area contributed by atoms with E-state index in [4.69, 9.17) is 0 Å². The maximum absolute atomic E-state index is 12.2. The Kier molecular flexibility index (Phi) is 4.69. The van der Waals surface area contributed by atoms with E-state index in [9.17, 15) is 14.7 Å². The van der Waals surface area contributed by atoms with Crippen molar-refractivity contribution in [2.24, 2.45) is 0 Å². The fourth-order valence-electron chi connectivity index (χ4n) is 2.82. The highest BCUT2D eigenvalue weighted by molar-refractivity contribution is 7.10. The van der Waals surface area contributed by atoms with Gasteiger partial charge in [0.1, 0.15) is 12.0 Å². The minimum absolute atomic E-state index is 0.0962. The zero-order valence-electron chi connectivity index (χ0n) is 14.4. The zero-order chi connectivity index (χ0) is 19.5. The number of anilines is 1. The molecule has 4 rings (SSSR count). The molecule has 0 aliphatic carbocycles. The van der Waals surface area contributed by atoms with Crippen molar-refractivity contribution in [3.63, 3.8) is 0 Å². The number of aromatic amines is 1. The Labute approximate surface area is 163 Å². The fraction of sp³-hybridized carbons (Fsp3) is 0. The highest BCUT2D eigenvalue weighted by Gasteiger charge is 2.17. The lowest BCUT2D eigenvalue weighted by atomic mass is 10.1. The first-order valence-corrected chi connectivity index (χ1v) is 9.18. The molecule has 3 N–H and O–H groups in total. The number of hydrogen-bond acceptors (Lipinski definition) is 5. The topological polar surface area (TPSA) is 108 Å². The van der Waals surface area contributed by atoms with Gasteiger partial charge in [0.2, 0.25) is 5.91 Å². The Hall–Kier alpha value is -3.78. The van der Waals surface area contributed by atoms with E-state index in [1.807, 2.05) is 17.5 Å². The zero-order valence-corrected chi connectivity index (χ0v) is 15.2. The summed E-state index contributed by atoms with van der Waals surface area (Å²) in [5.41, 5.74) is 2.27. The Morgan fingerprint density at radius 1 is 1.18 bits per heavy atom. The number of nitrogens with zero attached hydrogens (tertiary/aromatic N) is 2. The summed E-state index contributed by atoms with van der Waals surface area (Å²) >= 11 is 1.54. The lowest BCUT2D eigenvalue weighted by molar-refractivity contribution is -0.111. The van der Waals surface area contributed by atoms with Gasteiger partial charge in [-0.15, -0.1) is 11.3 Å². The number of nitrogens with one attached hydrogen (secondary N) is 2. The van der Waals surface area contributed by atoms with Crippen LogP contribution in [0.5, 0.6) is 0 Å². The highest BCUT2D eigenvalue weighted by atomic mass is 32.1. The summed E-state index contributed by atoms with van der Waals surface area (Å²) < 4.78 is 0. The molecule has 3 aromatic heterocycles. The summed E-state index contributed by atoms with van der Waals surface area (Å²) in [6, 6.07) is 10.9. The van der Waals surface area contributed by atoms with Crippen LogP contribution in [0.4, 0.5) is 5.69 Å². The maximum atomic E-state index is 12.2. The van der Waals surface area contributed by atoms with Crippen molar-refractivity contribution in [2.45, 2.75) is 0 Å². The molecule has 7 nitrogen and oxygen atoms in total. The van der Waals surface area contributed by atoms with E-state index in [-0.39, 0.29) is 11.5 Å². The number of amides is 1. The van der Waals surface area contributed by atoms with Gasteiger partial charge >= 0.3 is 5.97 Å². The number of aromatic carboxylic acids is 1. The van der Waals surface area contributed by atoms with Gasteiger partial charge in [-0.1, -0.05) is 18.2 Å². The molecule has 1 amide bonds. The van der Waals surface area contributed by atoms with Gasteiger partial charge in [-0.05, 0) is 29.7 Å². The van der Waals surface area contributed by atoms with Crippen molar-refractivity contribution in [3.05, 3.63) is 70.8 Å². The van der Waals surface area contributed by atoms with Crippen LogP contribution in [0.2, 0.25) is 0 Å². The van der Waals surface area contributed by atoms with Crippen LogP contribution in [0.15, 0.2) is 60.4 Å². The molecule has 0 radical (unpaired) electrons. The molecule has 138 valence electrons. The average Bonchev–Trinajstić information content (AvgIpc) is 3.36. The number of carbonyl (C=O) groups is 2. The molecule has 8 heteroatoms. The Balaban J connectivity index is 1.64.